The second-order valence-corrected chi connectivity index (χ2v) is 5.01. The van der Waals surface area contributed by atoms with Crippen LogP contribution in [0.4, 0.5) is 15.8 Å². The van der Waals surface area contributed by atoms with E-state index in [2.05, 4.69) is 21.2 Å². The molecule has 3 nitrogen and oxygen atoms in total. The van der Waals surface area contributed by atoms with Gasteiger partial charge < -0.3 is 11.1 Å². The third-order valence-corrected chi connectivity index (χ3v) is 3.32. The summed E-state index contributed by atoms with van der Waals surface area (Å²) in [4.78, 5) is 12.0. The zero-order valence-electron chi connectivity index (χ0n) is 10.2. The lowest BCUT2D eigenvalue weighted by Gasteiger charge is -2.09. The van der Waals surface area contributed by atoms with E-state index in [4.69, 9.17) is 5.73 Å². The van der Waals surface area contributed by atoms with Crippen molar-refractivity contribution in [2.75, 3.05) is 11.1 Å². The molecule has 0 aliphatic rings. The number of rotatable bonds is 2. The molecular weight excluding hydrogens is 311 g/mol. The Hall–Kier alpha value is -1.88. The van der Waals surface area contributed by atoms with Crippen LogP contribution in [0.2, 0.25) is 0 Å². The first-order valence-corrected chi connectivity index (χ1v) is 6.39. The van der Waals surface area contributed by atoms with Gasteiger partial charge in [-0.3, -0.25) is 4.79 Å². The van der Waals surface area contributed by atoms with Crippen LogP contribution >= 0.6 is 15.9 Å². The quantitative estimate of drug-likeness (QED) is 0.828. The number of carbonyl (C=O) groups is 1. The van der Waals surface area contributed by atoms with E-state index in [1.54, 1.807) is 24.3 Å². The van der Waals surface area contributed by atoms with E-state index in [9.17, 15) is 9.18 Å². The van der Waals surface area contributed by atoms with Crippen molar-refractivity contribution in [3.8, 4) is 0 Å². The Labute approximate surface area is 118 Å². The van der Waals surface area contributed by atoms with Crippen molar-refractivity contribution in [1.29, 1.82) is 0 Å². The highest BCUT2D eigenvalue weighted by molar-refractivity contribution is 9.10. The molecule has 0 saturated heterocycles. The Morgan fingerprint density at radius 2 is 2.00 bits per heavy atom. The van der Waals surface area contributed by atoms with E-state index in [0.717, 1.165) is 5.56 Å². The zero-order chi connectivity index (χ0) is 14.0. The summed E-state index contributed by atoms with van der Waals surface area (Å²) in [6.07, 6.45) is 0. The average molecular weight is 323 g/mol. The SMILES string of the molecule is Cc1cc(N)ccc1NC(=O)c1ccc(Br)c(F)c1. The lowest BCUT2D eigenvalue weighted by molar-refractivity contribution is 0.102. The molecule has 2 rings (SSSR count). The Morgan fingerprint density at radius 3 is 2.63 bits per heavy atom. The highest BCUT2D eigenvalue weighted by Crippen LogP contribution is 2.20. The first-order chi connectivity index (χ1) is 8.97. The zero-order valence-corrected chi connectivity index (χ0v) is 11.8. The number of nitrogens with one attached hydrogen (secondary N) is 1. The molecule has 0 spiro atoms. The lowest BCUT2D eigenvalue weighted by atomic mass is 10.1. The van der Waals surface area contributed by atoms with Crippen molar-refractivity contribution in [3.63, 3.8) is 0 Å². The summed E-state index contributed by atoms with van der Waals surface area (Å²) in [5.74, 6) is -0.832. The van der Waals surface area contributed by atoms with Gasteiger partial charge in [-0.15, -0.1) is 0 Å². The largest absolute Gasteiger partial charge is 0.399 e. The monoisotopic (exact) mass is 322 g/mol. The number of hydrogen-bond acceptors (Lipinski definition) is 2. The van der Waals surface area contributed by atoms with Crippen LogP contribution in [0.1, 0.15) is 15.9 Å². The molecule has 0 aliphatic carbocycles. The molecular formula is C14H12BrFN2O. The summed E-state index contributed by atoms with van der Waals surface area (Å²) in [6.45, 7) is 1.84. The van der Waals surface area contributed by atoms with Crippen LogP contribution in [0, 0.1) is 12.7 Å². The lowest BCUT2D eigenvalue weighted by Crippen LogP contribution is -2.13. The maximum absolute atomic E-state index is 13.4. The Bertz CT molecular complexity index is 643. The summed E-state index contributed by atoms with van der Waals surface area (Å²) < 4.78 is 13.7. The molecule has 19 heavy (non-hydrogen) atoms. The van der Waals surface area contributed by atoms with Gasteiger partial charge in [-0.05, 0) is 64.8 Å². The topological polar surface area (TPSA) is 55.1 Å². The number of nitrogens with two attached hydrogens (primary N) is 1. The summed E-state index contributed by atoms with van der Waals surface area (Å²) in [5, 5.41) is 2.72. The van der Waals surface area contributed by atoms with Gasteiger partial charge >= 0.3 is 0 Å². The Balaban J connectivity index is 2.23. The van der Waals surface area contributed by atoms with Crippen LogP contribution in [-0.2, 0) is 0 Å². The molecule has 0 aromatic heterocycles. The van der Waals surface area contributed by atoms with Crippen molar-refractivity contribution < 1.29 is 9.18 Å². The number of anilines is 2. The first-order valence-electron chi connectivity index (χ1n) is 5.60. The van der Waals surface area contributed by atoms with Gasteiger partial charge in [0.15, 0.2) is 0 Å². The standard InChI is InChI=1S/C14H12BrFN2O/c1-8-6-10(17)3-5-13(8)18-14(19)9-2-4-11(15)12(16)7-9/h2-7H,17H2,1H3,(H,18,19). The smallest absolute Gasteiger partial charge is 0.255 e. The van der Waals surface area contributed by atoms with Crippen molar-refractivity contribution in [3.05, 3.63) is 57.8 Å². The van der Waals surface area contributed by atoms with Crippen molar-refractivity contribution in [2.45, 2.75) is 6.92 Å². The summed E-state index contributed by atoms with van der Waals surface area (Å²) in [5.41, 5.74) is 8.04. The normalized spacial score (nSPS) is 10.3. The molecule has 5 heteroatoms. The molecule has 98 valence electrons. The van der Waals surface area contributed by atoms with E-state index < -0.39 is 5.82 Å². The fourth-order valence-electron chi connectivity index (χ4n) is 1.66. The average Bonchev–Trinajstić information content (AvgIpc) is 2.36. The van der Waals surface area contributed by atoms with E-state index >= 15 is 0 Å². The van der Waals surface area contributed by atoms with Gasteiger partial charge in [-0.1, -0.05) is 0 Å². The second kappa shape index (κ2) is 5.40. The molecule has 1 amide bonds. The summed E-state index contributed by atoms with van der Waals surface area (Å²) >= 11 is 3.04. The third-order valence-electron chi connectivity index (χ3n) is 2.68. The fourth-order valence-corrected chi connectivity index (χ4v) is 1.91. The van der Waals surface area contributed by atoms with Gasteiger partial charge in [0.2, 0.25) is 0 Å². The fraction of sp³-hybridized carbons (Fsp3) is 0.0714. The van der Waals surface area contributed by atoms with Gasteiger partial charge in [0.25, 0.3) is 5.91 Å². The van der Waals surface area contributed by atoms with E-state index in [0.29, 0.717) is 15.8 Å². The first kappa shape index (κ1) is 13.5. The van der Waals surface area contributed by atoms with Crippen LogP contribution in [0.25, 0.3) is 0 Å². The molecule has 0 heterocycles. The minimum absolute atomic E-state index is 0.261. The highest BCUT2D eigenvalue weighted by Gasteiger charge is 2.10. The minimum atomic E-state index is -0.471. The molecule has 0 bridgehead atoms. The van der Waals surface area contributed by atoms with Gasteiger partial charge in [0.05, 0.1) is 4.47 Å². The molecule has 0 fully saturated rings. The van der Waals surface area contributed by atoms with Crippen molar-refractivity contribution in [1.82, 2.24) is 0 Å². The van der Waals surface area contributed by atoms with E-state index in [1.165, 1.54) is 12.1 Å². The number of hydrogen-bond donors (Lipinski definition) is 2. The molecule has 3 N–H and O–H groups in total. The maximum atomic E-state index is 13.4. The minimum Gasteiger partial charge on any atom is -0.399 e. The molecule has 2 aromatic carbocycles. The number of benzene rings is 2. The van der Waals surface area contributed by atoms with Gasteiger partial charge in [0, 0.05) is 16.9 Å². The van der Waals surface area contributed by atoms with Crippen LogP contribution in [0.15, 0.2) is 40.9 Å². The predicted molar refractivity (Wildman–Crippen MR) is 77.6 cm³/mol. The van der Waals surface area contributed by atoms with E-state index in [-0.39, 0.29) is 11.5 Å². The van der Waals surface area contributed by atoms with Crippen molar-refractivity contribution in [2.24, 2.45) is 0 Å². The van der Waals surface area contributed by atoms with Crippen LogP contribution < -0.4 is 11.1 Å². The van der Waals surface area contributed by atoms with Crippen LogP contribution in [0.5, 0.6) is 0 Å². The molecule has 0 radical (unpaired) electrons. The second-order valence-electron chi connectivity index (χ2n) is 4.16. The van der Waals surface area contributed by atoms with Gasteiger partial charge in [0.1, 0.15) is 5.82 Å². The number of carbonyl (C=O) groups excluding carboxylic acids is 1. The molecule has 0 unspecified atom stereocenters. The molecule has 0 aliphatic heterocycles. The third kappa shape index (κ3) is 3.12. The molecule has 0 atom stereocenters. The Morgan fingerprint density at radius 1 is 1.26 bits per heavy atom. The Kier molecular flexibility index (Phi) is 3.85. The van der Waals surface area contributed by atoms with E-state index in [1.807, 2.05) is 6.92 Å². The summed E-state index contributed by atoms with van der Waals surface area (Å²) in [6, 6.07) is 9.42. The van der Waals surface area contributed by atoms with Crippen LogP contribution in [-0.4, -0.2) is 5.91 Å². The predicted octanol–water partition coefficient (Wildman–Crippen LogP) is 3.73. The van der Waals surface area contributed by atoms with Gasteiger partial charge in [-0.2, -0.15) is 0 Å². The molecule has 0 saturated carbocycles. The maximum Gasteiger partial charge on any atom is 0.255 e. The number of aryl methyl sites for hydroxylation is 1. The number of halogens is 2. The highest BCUT2D eigenvalue weighted by atomic mass is 79.9. The van der Waals surface area contributed by atoms with Crippen molar-refractivity contribution >= 4 is 33.2 Å². The molecule has 2 aromatic rings. The van der Waals surface area contributed by atoms with Crippen LogP contribution in [0.3, 0.4) is 0 Å². The number of amides is 1. The summed E-state index contributed by atoms with van der Waals surface area (Å²) in [7, 11) is 0. The number of nitrogen functional groups attached to an aromatic ring is 1. The van der Waals surface area contributed by atoms with Gasteiger partial charge in [-0.25, -0.2) is 4.39 Å².